The van der Waals surface area contributed by atoms with Gasteiger partial charge >= 0.3 is 0 Å². The highest BCUT2D eigenvalue weighted by molar-refractivity contribution is 4.91. The quantitative estimate of drug-likeness (QED) is 0.769. The van der Waals surface area contributed by atoms with Gasteiger partial charge in [0.15, 0.2) is 5.82 Å². The fourth-order valence-corrected chi connectivity index (χ4v) is 1.52. The van der Waals surface area contributed by atoms with Crippen molar-refractivity contribution in [3.05, 3.63) is 11.7 Å². The van der Waals surface area contributed by atoms with Gasteiger partial charge in [-0.3, -0.25) is 0 Å². The highest BCUT2D eigenvalue weighted by Gasteiger charge is 2.14. The number of ether oxygens (including phenoxy) is 1. The largest absolute Gasteiger partial charge is 0.377 e. The number of rotatable bonds is 7. The van der Waals surface area contributed by atoms with Crippen molar-refractivity contribution in [2.24, 2.45) is 5.73 Å². The zero-order valence-corrected chi connectivity index (χ0v) is 10.3. The van der Waals surface area contributed by atoms with Crippen LogP contribution in [-0.4, -0.2) is 23.3 Å². The predicted octanol–water partition coefficient (Wildman–Crippen LogP) is 1.84. The summed E-state index contributed by atoms with van der Waals surface area (Å²) in [6, 6.07) is 0.263. The van der Waals surface area contributed by atoms with Crippen molar-refractivity contribution in [3.63, 3.8) is 0 Å². The van der Waals surface area contributed by atoms with E-state index < -0.39 is 0 Å². The van der Waals surface area contributed by atoms with Crippen LogP contribution >= 0.6 is 0 Å². The van der Waals surface area contributed by atoms with Gasteiger partial charge < -0.3 is 15.0 Å². The van der Waals surface area contributed by atoms with Crippen LogP contribution in [0.1, 0.15) is 50.7 Å². The molecule has 0 radical (unpaired) electrons. The minimum atomic E-state index is 0.263. The van der Waals surface area contributed by atoms with E-state index in [0.29, 0.717) is 18.3 Å². The van der Waals surface area contributed by atoms with Gasteiger partial charge in [0.25, 0.3) is 0 Å². The van der Waals surface area contributed by atoms with E-state index in [1.807, 2.05) is 6.92 Å². The smallest absolute Gasteiger partial charge is 0.229 e. The van der Waals surface area contributed by atoms with Crippen molar-refractivity contribution in [1.29, 1.82) is 0 Å². The highest BCUT2D eigenvalue weighted by atomic mass is 16.5. The Morgan fingerprint density at radius 2 is 2.12 bits per heavy atom. The molecule has 92 valence electrons. The maximum absolute atomic E-state index is 5.69. The minimum Gasteiger partial charge on any atom is -0.377 e. The van der Waals surface area contributed by atoms with Gasteiger partial charge in [-0.05, 0) is 19.8 Å². The Balaban J connectivity index is 2.36. The monoisotopic (exact) mass is 227 g/mol. The zero-order chi connectivity index (χ0) is 12.0. The van der Waals surface area contributed by atoms with Crippen molar-refractivity contribution >= 4 is 0 Å². The Kier molecular flexibility index (Phi) is 5.42. The van der Waals surface area contributed by atoms with E-state index in [0.717, 1.165) is 19.3 Å². The van der Waals surface area contributed by atoms with Crippen LogP contribution in [0.25, 0.3) is 0 Å². The van der Waals surface area contributed by atoms with Gasteiger partial charge in [-0.2, -0.15) is 4.98 Å². The molecule has 0 aliphatic carbocycles. The maximum Gasteiger partial charge on any atom is 0.229 e. The molecule has 5 heteroatoms. The van der Waals surface area contributed by atoms with Crippen LogP contribution in [0.2, 0.25) is 0 Å². The normalized spacial score (nSPS) is 15.0. The summed E-state index contributed by atoms with van der Waals surface area (Å²) in [5, 5.41) is 3.83. The van der Waals surface area contributed by atoms with Crippen molar-refractivity contribution in [1.82, 2.24) is 10.1 Å². The molecule has 0 spiro atoms. The Morgan fingerprint density at radius 1 is 1.38 bits per heavy atom. The van der Waals surface area contributed by atoms with E-state index in [4.69, 9.17) is 15.0 Å². The van der Waals surface area contributed by atoms with Crippen molar-refractivity contribution in [3.8, 4) is 0 Å². The van der Waals surface area contributed by atoms with E-state index >= 15 is 0 Å². The van der Waals surface area contributed by atoms with Gasteiger partial charge in [0.2, 0.25) is 5.89 Å². The molecule has 2 atom stereocenters. The second-order valence-electron chi connectivity index (χ2n) is 4.29. The van der Waals surface area contributed by atoms with Gasteiger partial charge in [-0.25, -0.2) is 0 Å². The minimum absolute atomic E-state index is 0.263. The third-order valence-corrected chi connectivity index (χ3v) is 2.48. The van der Waals surface area contributed by atoms with Gasteiger partial charge in [-0.15, -0.1) is 0 Å². The first-order chi connectivity index (χ1) is 7.63. The number of aromatic nitrogens is 2. The first-order valence-electron chi connectivity index (χ1n) is 5.70. The van der Waals surface area contributed by atoms with Gasteiger partial charge in [0.05, 0.1) is 0 Å². The lowest BCUT2D eigenvalue weighted by Gasteiger charge is -2.07. The van der Waals surface area contributed by atoms with Gasteiger partial charge in [0, 0.05) is 19.1 Å². The fourth-order valence-electron chi connectivity index (χ4n) is 1.52. The molecule has 0 aliphatic rings. The fraction of sp³-hybridized carbons (Fsp3) is 0.818. The van der Waals surface area contributed by atoms with Crippen LogP contribution in [0.3, 0.4) is 0 Å². The number of hydrogen-bond donors (Lipinski definition) is 1. The molecular weight excluding hydrogens is 206 g/mol. The van der Waals surface area contributed by atoms with Crippen LogP contribution in [0.4, 0.5) is 0 Å². The molecule has 0 amide bonds. The molecule has 2 N–H and O–H groups in total. The summed E-state index contributed by atoms with van der Waals surface area (Å²) >= 11 is 0. The summed E-state index contributed by atoms with van der Waals surface area (Å²) in [7, 11) is 1.61. The summed E-state index contributed by atoms with van der Waals surface area (Å²) in [4.78, 5) is 4.26. The van der Waals surface area contributed by atoms with E-state index in [1.165, 1.54) is 0 Å². The average molecular weight is 227 g/mol. The molecule has 16 heavy (non-hydrogen) atoms. The summed E-state index contributed by atoms with van der Waals surface area (Å²) in [6.45, 7) is 4.51. The summed E-state index contributed by atoms with van der Waals surface area (Å²) in [5.41, 5.74) is 5.69. The summed E-state index contributed by atoms with van der Waals surface area (Å²) < 4.78 is 10.1. The first-order valence-corrected chi connectivity index (χ1v) is 5.70. The van der Waals surface area contributed by atoms with Crippen LogP contribution in [0.5, 0.6) is 0 Å². The highest BCUT2D eigenvalue weighted by Crippen LogP contribution is 2.20. The first kappa shape index (κ1) is 13.1. The van der Waals surface area contributed by atoms with Crippen LogP contribution in [0.15, 0.2) is 4.52 Å². The molecule has 1 aromatic rings. The molecule has 0 bridgehead atoms. The molecule has 0 aromatic carbocycles. The Bertz CT molecular complexity index is 299. The third-order valence-electron chi connectivity index (χ3n) is 2.48. The lowest BCUT2D eigenvalue weighted by molar-refractivity contribution is 0.174. The number of nitrogens with two attached hydrogens (primary N) is 1. The molecule has 0 saturated heterocycles. The van der Waals surface area contributed by atoms with E-state index in [9.17, 15) is 0 Å². The number of hydrogen-bond acceptors (Lipinski definition) is 5. The predicted molar refractivity (Wildman–Crippen MR) is 60.9 cm³/mol. The summed E-state index contributed by atoms with van der Waals surface area (Å²) in [5.74, 6) is 1.59. The van der Waals surface area contributed by atoms with Crippen molar-refractivity contribution in [2.75, 3.05) is 7.11 Å². The van der Waals surface area contributed by atoms with Gasteiger partial charge in [0.1, 0.15) is 6.61 Å². The number of nitrogens with zero attached hydrogens (tertiary/aromatic N) is 2. The standard InChI is InChI=1S/C11H21N3O2/c1-8(5-4-6-9(2)12)11-13-10(7-15-3)14-16-11/h8-9H,4-7,12H2,1-3H3. The van der Waals surface area contributed by atoms with Gasteiger partial charge in [-0.1, -0.05) is 18.5 Å². The average Bonchev–Trinajstić information content (AvgIpc) is 2.66. The summed E-state index contributed by atoms with van der Waals surface area (Å²) in [6.07, 6.45) is 3.14. The third kappa shape index (κ3) is 4.28. The van der Waals surface area contributed by atoms with E-state index in [2.05, 4.69) is 17.1 Å². The Morgan fingerprint density at radius 3 is 2.75 bits per heavy atom. The lowest BCUT2D eigenvalue weighted by atomic mass is 10.0. The van der Waals surface area contributed by atoms with Crippen molar-refractivity contribution in [2.45, 2.75) is 51.7 Å². The molecule has 0 fully saturated rings. The molecule has 0 aliphatic heterocycles. The SMILES string of the molecule is COCc1noc(C(C)CCCC(C)N)n1. The van der Waals surface area contributed by atoms with E-state index in [1.54, 1.807) is 7.11 Å². The molecule has 1 rings (SSSR count). The van der Waals surface area contributed by atoms with E-state index in [-0.39, 0.29) is 12.0 Å². The van der Waals surface area contributed by atoms with Crippen LogP contribution in [-0.2, 0) is 11.3 Å². The number of methoxy groups -OCH3 is 1. The molecule has 2 unspecified atom stereocenters. The Labute approximate surface area is 96.4 Å². The molecule has 1 heterocycles. The lowest BCUT2D eigenvalue weighted by Crippen LogP contribution is -2.14. The van der Waals surface area contributed by atoms with Crippen LogP contribution < -0.4 is 5.73 Å². The zero-order valence-electron chi connectivity index (χ0n) is 10.3. The Hall–Kier alpha value is -0.940. The van der Waals surface area contributed by atoms with Crippen LogP contribution in [0, 0.1) is 0 Å². The molecular formula is C11H21N3O2. The maximum atomic E-state index is 5.69. The molecule has 5 nitrogen and oxygen atoms in total. The molecule has 1 aromatic heterocycles. The van der Waals surface area contributed by atoms with Crippen molar-refractivity contribution < 1.29 is 9.26 Å². The second-order valence-corrected chi connectivity index (χ2v) is 4.29. The second kappa shape index (κ2) is 6.60. The topological polar surface area (TPSA) is 74.2 Å². The molecule has 0 saturated carbocycles.